The van der Waals surface area contributed by atoms with Crippen LogP contribution in [0.25, 0.3) is 21.5 Å². The molecule has 0 aliphatic heterocycles. The van der Waals surface area contributed by atoms with Crippen molar-refractivity contribution in [3.05, 3.63) is 48.5 Å². The molecule has 0 spiro atoms. The lowest BCUT2D eigenvalue weighted by Crippen LogP contribution is -1.98. The van der Waals surface area contributed by atoms with Crippen LogP contribution in [0.5, 0.6) is 11.5 Å². The fraction of sp³-hybridized carbons (Fsp3) is 0.222. The highest BCUT2D eigenvalue weighted by atomic mass is 16.5. The summed E-state index contributed by atoms with van der Waals surface area (Å²) in [6, 6.07) is 18.0. The third-order valence-corrected chi connectivity index (χ3v) is 3.26. The molecule has 0 atom stereocenters. The van der Waals surface area contributed by atoms with Crippen LogP contribution in [0.3, 0.4) is 0 Å². The molecule has 101 valence electrons. The van der Waals surface area contributed by atoms with Crippen molar-refractivity contribution in [2.75, 3.05) is 13.2 Å². The van der Waals surface area contributed by atoms with Crippen LogP contribution < -0.4 is 9.47 Å². The maximum absolute atomic E-state index is 5.65. The van der Waals surface area contributed by atoms with Gasteiger partial charge in [-0.15, -0.1) is 0 Å². The van der Waals surface area contributed by atoms with Crippen LogP contribution in [0, 0.1) is 6.07 Å². The Bertz CT molecular complexity index is 683. The molecular weight excluding hydrogens is 248 g/mol. The zero-order valence-corrected chi connectivity index (χ0v) is 11.8. The molecule has 2 nitrogen and oxygen atoms in total. The molecule has 0 saturated heterocycles. The predicted octanol–water partition coefficient (Wildman–Crippen LogP) is 4.59. The maximum Gasteiger partial charge on any atom is 0.169 e. The lowest BCUT2D eigenvalue weighted by molar-refractivity contribution is 0.288. The zero-order chi connectivity index (χ0) is 13.9. The molecule has 3 rings (SSSR count). The van der Waals surface area contributed by atoms with Crippen LogP contribution in [-0.4, -0.2) is 13.2 Å². The molecule has 0 amide bonds. The molecule has 0 aromatic heterocycles. The third-order valence-electron chi connectivity index (χ3n) is 3.26. The Labute approximate surface area is 118 Å². The lowest BCUT2D eigenvalue weighted by Gasteiger charge is -2.12. The SMILES string of the molecule is CCOc1[c]c2cc3ccccc3cc2cc1OCC. The van der Waals surface area contributed by atoms with Gasteiger partial charge in [0.2, 0.25) is 0 Å². The van der Waals surface area contributed by atoms with Crippen LogP contribution in [0.15, 0.2) is 42.5 Å². The highest BCUT2D eigenvalue weighted by Gasteiger charge is 2.08. The van der Waals surface area contributed by atoms with E-state index in [4.69, 9.17) is 9.47 Å². The van der Waals surface area contributed by atoms with E-state index in [9.17, 15) is 0 Å². The quantitative estimate of drug-likeness (QED) is 0.642. The molecule has 2 heteroatoms. The van der Waals surface area contributed by atoms with E-state index >= 15 is 0 Å². The van der Waals surface area contributed by atoms with E-state index in [0.717, 1.165) is 16.5 Å². The van der Waals surface area contributed by atoms with E-state index in [1.807, 2.05) is 26.0 Å². The zero-order valence-electron chi connectivity index (χ0n) is 11.8. The van der Waals surface area contributed by atoms with Crippen LogP contribution in [-0.2, 0) is 0 Å². The van der Waals surface area contributed by atoms with Crippen molar-refractivity contribution in [2.24, 2.45) is 0 Å². The fourth-order valence-corrected chi connectivity index (χ4v) is 2.39. The normalized spacial score (nSPS) is 10.9. The Hall–Kier alpha value is -2.22. The van der Waals surface area contributed by atoms with E-state index in [0.29, 0.717) is 19.0 Å². The second-order valence-electron chi connectivity index (χ2n) is 4.62. The maximum atomic E-state index is 5.65. The lowest BCUT2D eigenvalue weighted by atomic mass is 10.0. The van der Waals surface area contributed by atoms with Crippen molar-refractivity contribution in [2.45, 2.75) is 13.8 Å². The van der Waals surface area contributed by atoms with Crippen LogP contribution >= 0.6 is 0 Å². The third kappa shape index (κ3) is 2.29. The Balaban J connectivity index is 2.23. The molecule has 3 aromatic carbocycles. The Morgan fingerprint density at radius 2 is 1.55 bits per heavy atom. The fourth-order valence-electron chi connectivity index (χ4n) is 2.39. The molecule has 0 N–H and O–H groups in total. The summed E-state index contributed by atoms with van der Waals surface area (Å²) in [6.07, 6.45) is 0. The summed E-state index contributed by atoms with van der Waals surface area (Å²) >= 11 is 0. The summed E-state index contributed by atoms with van der Waals surface area (Å²) in [4.78, 5) is 0. The van der Waals surface area contributed by atoms with Crippen molar-refractivity contribution in [1.82, 2.24) is 0 Å². The minimum atomic E-state index is 0.607. The van der Waals surface area contributed by atoms with Gasteiger partial charge in [-0.2, -0.15) is 0 Å². The summed E-state index contributed by atoms with van der Waals surface area (Å²) in [7, 11) is 0. The number of hydrogen-bond acceptors (Lipinski definition) is 2. The van der Waals surface area contributed by atoms with Gasteiger partial charge >= 0.3 is 0 Å². The largest absolute Gasteiger partial charge is 0.490 e. The summed E-state index contributed by atoms with van der Waals surface area (Å²) in [5.74, 6) is 1.45. The van der Waals surface area contributed by atoms with E-state index in [2.05, 4.69) is 36.4 Å². The standard InChI is InChI=1S/C18H17O2/c1-3-19-17-11-15-9-13-7-5-6-8-14(13)10-16(15)12-18(17)20-4-2/h5-11H,3-4H2,1-2H3. The van der Waals surface area contributed by atoms with Crippen molar-refractivity contribution >= 4 is 21.5 Å². The van der Waals surface area contributed by atoms with Crippen molar-refractivity contribution in [3.8, 4) is 11.5 Å². The average Bonchev–Trinajstić information content (AvgIpc) is 2.46. The minimum Gasteiger partial charge on any atom is -0.490 e. The highest BCUT2D eigenvalue weighted by Crippen LogP contribution is 2.34. The van der Waals surface area contributed by atoms with E-state index in [1.54, 1.807) is 0 Å². The van der Waals surface area contributed by atoms with Gasteiger partial charge in [-0.1, -0.05) is 24.3 Å². The van der Waals surface area contributed by atoms with Crippen LogP contribution in [0.2, 0.25) is 0 Å². The van der Waals surface area contributed by atoms with Gasteiger partial charge in [-0.25, -0.2) is 0 Å². The summed E-state index contributed by atoms with van der Waals surface area (Å²) < 4.78 is 11.3. The highest BCUT2D eigenvalue weighted by molar-refractivity contribution is 5.99. The number of ether oxygens (including phenoxy) is 2. The van der Waals surface area contributed by atoms with E-state index in [1.165, 1.54) is 10.8 Å². The van der Waals surface area contributed by atoms with Gasteiger partial charge in [0.15, 0.2) is 11.5 Å². The van der Waals surface area contributed by atoms with Crippen LogP contribution in [0.1, 0.15) is 13.8 Å². The summed E-state index contributed by atoms with van der Waals surface area (Å²) in [5.41, 5.74) is 0. The average molecular weight is 265 g/mol. The van der Waals surface area contributed by atoms with Gasteiger partial charge in [0, 0.05) is 6.07 Å². The first-order chi connectivity index (χ1) is 9.81. The predicted molar refractivity (Wildman–Crippen MR) is 82.6 cm³/mol. The number of benzene rings is 3. The molecular formula is C18H17O2. The molecule has 3 aromatic rings. The molecule has 0 aliphatic rings. The minimum absolute atomic E-state index is 0.607. The molecule has 0 saturated carbocycles. The first-order valence-electron chi connectivity index (χ1n) is 6.96. The molecule has 0 unspecified atom stereocenters. The summed E-state index contributed by atoms with van der Waals surface area (Å²) in [6.45, 7) is 5.16. The Morgan fingerprint density at radius 1 is 0.850 bits per heavy atom. The van der Waals surface area contributed by atoms with Gasteiger partial charge < -0.3 is 9.47 Å². The second-order valence-corrected chi connectivity index (χ2v) is 4.62. The number of fused-ring (bicyclic) bond motifs is 2. The first kappa shape index (κ1) is 12.8. The molecule has 0 bridgehead atoms. The molecule has 0 aliphatic carbocycles. The molecule has 0 fully saturated rings. The molecule has 1 radical (unpaired) electrons. The smallest absolute Gasteiger partial charge is 0.169 e. The van der Waals surface area contributed by atoms with Gasteiger partial charge in [0.05, 0.1) is 13.2 Å². The number of rotatable bonds is 4. The second kappa shape index (κ2) is 5.41. The van der Waals surface area contributed by atoms with Crippen molar-refractivity contribution < 1.29 is 9.47 Å². The van der Waals surface area contributed by atoms with Gasteiger partial charge in [-0.05, 0) is 53.6 Å². The van der Waals surface area contributed by atoms with Gasteiger partial charge in [0.1, 0.15) is 0 Å². The van der Waals surface area contributed by atoms with E-state index < -0.39 is 0 Å². The topological polar surface area (TPSA) is 18.5 Å². The molecule has 0 heterocycles. The summed E-state index contributed by atoms with van der Waals surface area (Å²) in [5, 5.41) is 4.61. The molecule has 20 heavy (non-hydrogen) atoms. The van der Waals surface area contributed by atoms with Crippen molar-refractivity contribution in [1.29, 1.82) is 0 Å². The van der Waals surface area contributed by atoms with Gasteiger partial charge in [-0.3, -0.25) is 0 Å². The number of hydrogen-bond donors (Lipinski definition) is 0. The monoisotopic (exact) mass is 265 g/mol. The first-order valence-corrected chi connectivity index (χ1v) is 6.96. The van der Waals surface area contributed by atoms with Gasteiger partial charge in [0.25, 0.3) is 0 Å². The Kier molecular flexibility index (Phi) is 3.46. The van der Waals surface area contributed by atoms with E-state index in [-0.39, 0.29) is 0 Å². The van der Waals surface area contributed by atoms with Crippen molar-refractivity contribution in [3.63, 3.8) is 0 Å². The van der Waals surface area contributed by atoms with Crippen LogP contribution in [0.4, 0.5) is 0 Å². The Morgan fingerprint density at radius 3 is 2.25 bits per heavy atom.